The van der Waals surface area contributed by atoms with E-state index in [9.17, 15) is 17.6 Å². The second-order valence-corrected chi connectivity index (χ2v) is 8.89. The molecule has 0 radical (unpaired) electrons. The van der Waals surface area contributed by atoms with Gasteiger partial charge in [0.25, 0.3) is 0 Å². The molecule has 1 aliphatic heterocycles. The first kappa shape index (κ1) is 20.1. The summed E-state index contributed by atoms with van der Waals surface area (Å²) < 4.78 is 42.2. The second kappa shape index (κ2) is 8.28. The molecule has 1 fully saturated rings. The third kappa shape index (κ3) is 4.21. The van der Waals surface area contributed by atoms with Crippen molar-refractivity contribution in [1.82, 2.24) is 24.5 Å². The van der Waals surface area contributed by atoms with Gasteiger partial charge in [0.2, 0.25) is 15.9 Å². The first-order chi connectivity index (χ1) is 14.4. The lowest BCUT2D eigenvalue weighted by atomic mass is 9.99. The van der Waals surface area contributed by atoms with Crippen molar-refractivity contribution in [2.75, 3.05) is 18.4 Å². The Bertz CT molecular complexity index is 1140. The first-order valence-corrected chi connectivity index (χ1v) is 10.8. The van der Waals surface area contributed by atoms with Crippen LogP contribution in [0.15, 0.2) is 59.8 Å². The number of hydrogen-bond donors (Lipinski definition) is 1. The minimum absolute atomic E-state index is 0.0677. The Balaban J connectivity index is 1.47. The lowest BCUT2D eigenvalue weighted by Crippen LogP contribution is -2.43. The highest BCUT2D eigenvalue weighted by atomic mass is 32.2. The van der Waals surface area contributed by atoms with Gasteiger partial charge >= 0.3 is 0 Å². The molecule has 0 aliphatic carbocycles. The number of aromatic nitrogens is 4. The van der Waals surface area contributed by atoms with Crippen LogP contribution in [0.3, 0.4) is 0 Å². The fourth-order valence-corrected chi connectivity index (χ4v) is 4.91. The average molecular weight is 430 g/mol. The molecular formula is C19H19FN6O3S. The Hall–Kier alpha value is -3.18. The maximum absolute atomic E-state index is 13.3. The van der Waals surface area contributed by atoms with Crippen molar-refractivity contribution in [2.24, 2.45) is 5.92 Å². The monoisotopic (exact) mass is 430 g/mol. The number of sulfonamides is 1. The van der Waals surface area contributed by atoms with Crippen LogP contribution in [0.4, 0.5) is 10.1 Å². The molecule has 1 atom stereocenters. The van der Waals surface area contributed by atoms with Gasteiger partial charge in [-0.3, -0.25) is 4.79 Å². The number of hydrogen-bond acceptors (Lipinski definition) is 6. The highest BCUT2D eigenvalue weighted by molar-refractivity contribution is 7.89. The number of carbonyl (C=O) groups is 1. The molecule has 0 spiro atoms. The molecule has 2 heterocycles. The molecule has 2 aromatic carbocycles. The van der Waals surface area contributed by atoms with Gasteiger partial charge in [0.1, 0.15) is 12.1 Å². The van der Waals surface area contributed by atoms with Gasteiger partial charge in [0.05, 0.1) is 16.5 Å². The topological polar surface area (TPSA) is 110 Å². The molecule has 0 saturated carbocycles. The zero-order valence-electron chi connectivity index (χ0n) is 15.8. The van der Waals surface area contributed by atoms with E-state index in [-0.39, 0.29) is 17.3 Å². The third-order valence-electron chi connectivity index (χ3n) is 4.94. The summed E-state index contributed by atoms with van der Waals surface area (Å²) in [5.74, 6) is -1.29. The van der Waals surface area contributed by atoms with E-state index < -0.39 is 21.8 Å². The number of tetrazole rings is 1. The van der Waals surface area contributed by atoms with Gasteiger partial charge in [0, 0.05) is 18.8 Å². The number of anilines is 1. The first-order valence-electron chi connectivity index (χ1n) is 9.33. The van der Waals surface area contributed by atoms with Crippen molar-refractivity contribution in [3.8, 4) is 5.69 Å². The van der Waals surface area contributed by atoms with Gasteiger partial charge in [-0.25, -0.2) is 17.5 Å². The van der Waals surface area contributed by atoms with Gasteiger partial charge in [-0.1, -0.05) is 6.07 Å². The number of nitrogens with zero attached hydrogens (tertiary/aromatic N) is 5. The molecule has 30 heavy (non-hydrogen) atoms. The molecule has 9 nitrogen and oxygen atoms in total. The Labute approximate surface area is 172 Å². The van der Waals surface area contributed by atoms with Crippen molar-refractivity contribution in [3.05, 3.63) is 60.7 Å². The van der Waals surface area contributed by atoms with Crippen LogP contribution in [0.25, 0.3) is 5.69 Å². The Morgan fingerprint density at radius 2 is 1.97 bits per heavy atom. The predicted molar refractivity (Wildman–Crippen MR) is 106 cm³/mol. The zero-order valence-corrected chi connectivity index (χ0v) is 16.7. The minimum Gasteiger partial charge on any atom is -0.326 e. The van der Waals surface area contributed by atoms with E-state index in [0.717, 1.165) is 0 Å². The van der Waals surface area contributed by atoms with E-state index in [1.807, 2.05) is 0 Å². The van der Waals surface area contributed by atoms with Crippen molar-refractivity contribution in [1.29, 1.82) is 0 Å². The van der Waals surface area contributed by atoms with Gasteiger partial charge in [-0.15, -0.1) is 5.10 Å². The van der Waals surface area contributed by atoms with Crippen molar-refractivity contribution in [2.45, 2.75) is 17.7 Å². The molecule has 1 amide bonds. The van der Waals surface area contributed by atoms with Crippen LogP contribution < -0.4 is 5.32 Å². The lowest BCUT2D eigenvalue weighted by Gasteiger charge is -2.31. The van der Waals surface area contributed by atoms with Crippen molar-refractivity contribution < 1.29 is 17.6 Å². The van der Waals surface area contributed by atoms with Crippen LogP contribution in [0.2, 0.25) is 0 Å². The van der Waals surface area contributed by atoms with Crippen molar-refractivity contribution in [3.63, 3.8) is 0 Å². The molecular weight excluding hydrogens is 411 g/mol. The van der Waals surface area contributed by atoms with E-state index in [2.05, 4.69) is 20.8 Å². The molecule has 4 rings (SSSR count). The van der Waals surface area contributed by atoms with Crippen LogP contribution in [0.1, 0.15) is 12.8 Å². The molecule has 1 aromatic heterocycles. The van der Waals surface area contributed by atoms with E-state index in [1.165, 1.54) is 45.6 Å². The van der Waals surface area contributed by atoms with E-state index in [1.54, 1.807) is 18.2 Å². The number of amides is 1. The van der Waals surface area contributed by atoms with Gasteiger partial charge in [-0.05, 0) is 65.7 Å². The highest BCUT2D eigenvalue weighted by Gasteiger charge is 2.33. The van der Waals surface area contributed by atoms with E-state index >= 15 is 0 Å². The largest absolute Gasteiger partial charge is 0.326 e. The van der Waals surface area contributed by atoms with E-state index in [0.29, 0.717) is 30.8 Å². The van der Waals surface area contributed by atoms with Crippen molar-refractivity contribution >= 4 is 21.6 Å². The van der Waals surface area contributed by atoms with Crippen LogP contribution in [0, 0.1) is 11.7 Å². The summed E-state index contributed by atoms with van der Waals surface area (Å²) in [7, 11) is -3.76. The second-order valence-electron chi connectivity index (χ2n) is 6.95. The molecule has 3 aromatic rings. The summed E-state index contributed by atoms with van der Waals surface area (Å²) in [4.78, 5) is 12.7. The van der Waals surface area contributed by atoms with Gasteiger partial charge in [-0.2, -0.15) is 4.31 Å². The lowest BCUT2D eigenvalue weighted by molar-refractivity contribution is -0.120. The predicted octanol–water partition coefficient (Wildman–Crippen LogP) is 1.84. The highest BCUT2D eigenvalue weighted by Crippen LogP contribution is 2.25. The normalized spacial score (nSPS) is 17.6. The number of halogens is 1. The van der Waals surface area contributed by atoms with Gasteiger partial charge < -0.3 is 5.32 Å². The number of piperidine rings is 1. The Kier molecular flexibility index (Phi) is 5.55. The number of nitrogens with one attached hydrogen (secondary N) is 1. The van der Waals surface area contributed by atoms with E-state index in [4.69, 9.17) is 0 Å². The maximum Gasteiger partial charge on any atom is 0.243 e. The molecule has 0 unspecified atom stereocenters. The smallest absolute Gasteiger partial charge is 0.243 e. The average Bonchev–Trinajstić information content (AvgIpc) is 3.29. The standard InChI is InChI=1S/C19H19FN6O3S/c20-15-4-1-5-16(11-15)22-19(27)14-3-2-10-25(12-14)30(28,29)18-8-6-17(7-9-18)26-13-21-23-24-26/h1,4-9,11,13-14H,2-3,10,12H2,(H,22,27)/t14-/m0/s1. The summed E-state index contributed by atoms with van der Waals surface area (Å²) in [5.41, 5.74) is 0.975. The summed E-state index contributed by atoms with van der Waals surface area (Å²) in [6.45, 7) is 0.402. The van der Waals surface area contributed by atoms with Gasteiger partial charge in [0.15, 0.2) is 0 Å². The summed E-state index contributed by atoms with van der Waals surface area (Å²) in [6, 6.07) is 11.8. The molecule has 11 heteroatoms. The zero-order chi connectivity index (χ0) is 21.1. The number of rotatable bonds is 5. The number of carbonyl (C=O) groups excluding carboxylic acids is 1. The quantitative estimate of drug-likeness (QED) is 0.661. The minimum atomic E-state index is -3.76. The maximum atomic E-state index is 13.3. The third-order valence-corrected chi connectivity index (χ3v) is 6.81. The fourth-order valence-electron chi connectivity index (χ4n) is 3.38. The van der Waals surface area contributed by atoms with Crippen LogP contribution in [-0.2, 0) is 14.8 Å². The molecule has 1 aliphatic rings. The molecule has 156 valence electrons. The molecule has 1 saturated heterocycles. The summed E-state index contributed by atoms with van der Waals surface area (Å²) >= 11 is 0. The SMILES string of the molecule is O=C(Nc1cccc(F)c1)[C@H]1CCCN(S(=O)(=O)c2ccc(-n3cnnn3)cc2)C1. The van der Waals surface area contributed by atoms with Crippen LogP contribution >= 0.6 is 0 Å². The summed E-state index contributed by atoms with van der Waals surface area (Å²) in [5, 5.41) is 13.5. The van der Waals surface area contributed by atoms with Crippen LogP contribution in [0.5, 0.6) is 0 Å². The van der Waals surface area contributed by atoms with Crippen LogP contribution in [-0.4, -0.2) is 51.9 Å². The molecule has 1 N–H and O–H groups in total. The molecule has 0 bridgehead atoms. The Morgan fingerprint density at radius 1 is 1.17 bits per heavy atom. The number of benzene rings is 2. The fraction of sp³-hybridized carbons (Fsp3) is 0.263. The Morgan fingerprint density at radius 3 is 2.67 bits per heavy atom. The summed E-state index contributed by atoms with van der Waals surface area (Å²) in [6.07, 6.45) is 2.53.